The van der Waals surface area contributed by atoms with E-state index in [1.807, 2.05) is 0 Å². The van der Waals surface area contributed by atoms with Crippen LogP contribution in [0.25, 0.3) is 5.82 Å². The molecule has 0 radical (unpaired) electrons. The molecule has 152 valence electrons. The van der Waals surface area contributed by atoms with Gasteiger partial charge in [-0.15, -0.1) is 0 Å². The van der Waals surface area contributed by atoms with Gasteiger partial charge in [-0.2, -0.15) is 18.3 Å². The van der Waals surface area contributed by atoms with Crippen LogP contribution in [0.1, 0.15) is 21.6 Å². The Kier molecular flexibility index (Phi) is 6.36. The minimum atomic E-state index is -4.85. The topological polar surface area (TPSA) is 59.8 Å². The lowest BCUT2D eigenvalue weighted by molar-refractivity contribution is -0.143. The number of amides is 1. The molecule has 1 amide bonds. The molecule has 29 heavy (non-hydrogen) atoms. The molecule has 0 saturated heterocycles. The van der Waals surface area contributed by atoms with E-state index >= 15 is 0 Å². The fourth-order valence-corrected chi connectivity index (χ4v) is 3.39. The standard InChI is InChI=1S/C18H12Cl3F3N4O/c19-12-3-1-4-13(20)10(12)7-8-25-17(29)11-9-26-28(16(11)18(22,23)24)15-6-2-5-14(21)27-15/h1-6,9H,7-8H2,(H,25,29). The molecule has 3 aromatic rings. The van der Waals surface area contributed by atoms with Crippen molar-refractivity contribution in [2.75, 3.05) is 6.54 Å². The van der Waals surface area contributed by atoms with Gasteiger partial charge in [0.05, 0.1) is 11.8 Å². The molecule has 0 unspecified atom stereocenters. The summed E-state index contributed by atoms with van der Waals surface area (Å²) in [6, 6.07) is 9.08. The zero-order valence-corrected chi connectivity index (χ0v) is 16.7. The number of pyridine rings is 1. The average Bonchev–Trinajstić information content (AvgIpc) is 3.10. The van der Waals surface area contributed by atoms with Crippen LogP contribution in [0.2, 0.25) is 15.2 Å². The molecule has 2 heterocycles. The van der Waals surface area contributed by atoms with Crippen molar-refractivity contribution in [3.8, 4) is 5.82 Å². The summed E-state index contributed by atoms with van der Waals surface area (Å²) in [6.45, 7) is 0.0280. The zero-order valence-electron chi connectivity index (χ0n) is 14.5. The summed E-state index contributed by atoms with van der Waals surface area (Å²) in [5, 5.41) is 6.92. The van der Waals surface area contributed by atoms with E-state index in [1.165, 1.54) is 18.2 Å². The molecule has 3 rings (SSSR count). The summed E-state index contributed by atoms with van der Waals surface area (Å²) >= 11 is 17.9. The van der Waals surface area contributed by atoms with Gasteiger partial charge in [-0.3, -0.25) is 4.79 Å². The number of alkyl halides is 3. The van der Waals surface area contributed by atoms with Crippen LogP contribution in [0.15, 0.2) is 42.6 Å². The minimum Gasteiger partial charge on any atom is -0.352 e. The molecule has 0 fully saturated rings. The molecular formula is C18H12Cl3F3N4O. The lowest BCUT2D eigenvalue weighted by atomic mass is 10.1. The SMILES string of the molecule is O=C(NCCc1c(Cl)cccc1Cl)c1cnn(-c2cccc(Cl)n2)c1C(F)(F)F. The van der Waals surface area contributed by atoms with Gasteiger partial charge in [-0.1, -0.05) is 46.9 Å². The number of benzene rings is 1. The van der Waals surface area contributed by atoms with Crippen LogP contribution in [0.3, 0.4) is 0 Å². The minimum absolute atomic E-state index is 0.00579. The van der Waals surface area contributed by atoms with Gasteiger partial charge in [0.25, 0.3) is 5.91 Å². The number of halogens is 6. The molecule has 2 aromatic heterocycles. The summed E-state index contributed by atoms with van der Waals surface area (Å²) in [5.41, 5.74) is -1.30. The quantitative estimate of drug-likeness (QED) is 0.528. The second kappa shape index (κ2) is 8.61. The Morgan fingerprint density at radius 1 is 1.07 bits per heavy atom. The van der Waals surface area contributed by atoms with Crippen LogP contribution < -0.4 is 5.32 Å². The number of hydrogen-bond acceptors (Lipinski definition) is 3. The van der Waals surface area contributed by atoms with Crippen LogP contribution >= 0.6 is 34.8 Å². The van der Waals surface area contributed by atoms with Gasteiger partial charge in [0.15, 0.2) is 11.5 Å². The second-order valence-electron chi connectivity index (χ2n) is 5.84. The van der Waals surface area contributed by atoms with Crippen LogP contribution in [-0.2, 0) is 12.6 Å². The van der Waals surface area contributed by atoms with E-state index in [0.29, 0.717) is 20.3 Å². The molecule has 11 heteroatoms. The van der Waals surface area contributed by atoms with Gasteiger partial charge in [-0.05, 0) is 36.2 Å². The van der Waals surface area contributed by atoms with Crippen molar-refractivity contribution in [1.29, 1.82) is 0 Å². The maximum absolute atomic E-state index is 13.6. The summed E-state index contributed by atoms with van der Waals surface area (Å²) in [7, 11) is 0. The molecule has 1 aromatic carbocycles. The number of carbonyl (C=O) groups is 1. The first-order valence-corrected chi connectivity index (χ1v) is 9.31. The van der Waals surface area contributed by atoms with Gasteiger partial charge >= 0.3 is 6.18 Å². The van der Waals surface area contributed by atoms with Gasteiger partial charge in [0.2, 0.25) is 0 Å². The van der Waals surface area contributed by atoms with Crippen molar-refractivity contribution in [3.05, 3.63) is 74.6 Å². The Morgan fingerprint density at radius 3 is 2.34 bits per heavy atom. The number of nitrogens with zero attached hydrogens (tertiary/aromatic N) is 3. The van der Waals surface area contributed by atoms with Crippen molar-refractivity contribution in [1.82, 2.24) is 20.1 Å². The van der Waals surface area contributed by atoms with E-state index in [0.717, 1.165) is 6.20 Å². The molecule has 0 aliphatic carbocycles. The predicted molar refractivity (Wildman–Crippen MR) is 104 cm³/mol. The summed E-state index contributed by atoms with van der Waals surface area (Å²) in [6.07, 6.45) is -3.77. The number of carbonyl (C=O) groups excluding carboxylic acids is 1. The molecule has 0 atom stereocenters. The lowest BCUT2D eigenvalue weighted by Crippen LogP contribution is -2.28. The maximum atomic E-state index is 13.6. The first-order valence-electron chi connectivity index (χ1n) is 8.17. The highest BCUT2D eigenvalue weighted by atomic mass is 35.5. The molecule has 0 bridgehead atoms. The van der Waals surface area contributed by atoms with Gasteiger partial charge in [0.1, 0.15) is 5.15 Å². The molecule has 0 saturated carbocycles. The van der Waals surface area contributed by atoms with Gasteiger partial charge in [0, 0.05) is 16.6 Å². The summed E-state index contributed by atoms with van der Waals surface area (Å²) in [4.78, 5) is 16.2. The number of rotatable bonds is 5. The van der Waals surface area contributed by atoms with Crippen LogP contribution in [0.4, 0.5) is 13.2 Å². The first kappa shape index (κ1) is 21.4. The van der Waals surface area contributed by atoms with Crippen molar-refractivity contribution in [2.45, 2.75) is 12.6 Å². The second-order valence-corrected chi connectivity index (χ2v) is 7.04. The van der Waals surface area contributed by atoms with E-state index in [9.17, 15) is 18.0 Å². The Labute approximate surface area is 178 Å². The summed E-state index contributed by atoms with van der Waals surface area (Å²) in [5.74, 6) is -1.10. The first-order chi connectivity index (χ1) is 13.7. The Bertz CT molecular complexity index is 1030. The third-order valence-electron chi connectivity index (χ3n) is 3.92. The third kappa shape index (κ3) is 4.83. The van der Waals surface area contributed by atoms with Crippen LogP contribution in [0.5, 0.6) is 0 Å². The van der Waals surface area contributed by atoms with Crippen LogP contribution in [0, 0.1) is 0 Å². The van der Waals surface area contributed by atoms with Gasteiger partial charge < -0.3 is 5.32 Å². The fourth-order valence-electron chi connectivity index (χ4n) is 2.64. The molecule has 0 aliphatic rings. The predicted octanol–water partition coefficient (Wildman–Crippen LogP) is 5.22. The summed E-state index contributed by atoms with van der Waals surface area (Å²) < 4.78 is 41.5. The molecule has 5 nitrogen and oxygen atoms in total. The monoisotopic (exact) mass is 462 g/mol. The van der Waals surface area contributed by atoms with E-state index in [-0.39, 0.29) is 23.9 Å². The Balaban J connectivity index is 1.84. The highest BCUT2D eigenvalue weighted by molar-refractivity contribution is 6.36. The Hall–Kier alpha value is -2.29. The normalized spacial score (nSPS) is 11.5. The van der Waals surface area contributed by atoms with E-state index in [1.54, 1.807) is 18.2 Å². The number of aromatic nitrogens is 3. The smallest absolute Gasteiger partial charge is 0.352 e. The molecule has 0 aliphatic heterocycles. The largest absolute Gasteiger partial charge is 0.434 e. The van der Waals surface area contributed by atoms with Crippen molar-refractivity contribution in [2.24, 2.45) is 0 Å². The molecular weight excluding hydrogens is 452 g/mol. The van der Waals surface area contributed by atoms with Crippen molar-refractivity contribution in [3.63, 3.8) is 0 Å². The average molecular weight is 464 g/mol. The third-order valence-corrected chi connectivity index (χ3v) is 4.84. The van der Waals surface area contributed by atoms with Crippen molar-refractivity contribution < 1.29 is 18.0 Å². The maximum Gasteiger partial charge on any atom is 0.434 e. The van der Waals surface area contributed by atoms with E-state index < -0.39 is 23.3 Å². The Morgan fingerprint density at radius 2 is 1.72 bits per heavy atom. The fraction of sp³-hybridized carbons (Fsp3) is 0.167. The van der Waals surface area contributed by atoms with Crippen molar-refractivity contribution >= 4 is 40.7 Å². The highest BCUT2D eigenvalue weighted by Gasteiger charge is 2.40. The van der Waals surface area contributed by atoms with E-state index in [4.69, 9.17) is 34.8 Å². The molecule has 1 N–H and O–H groups in total. The van der Waals surface area contributed by atoms with Gasteiger partial charge in [-0.25, -0.2) is 9.67 Å². The number of hydrogen-bond donors (Lipinski definition) is 1. The highest BCUT2D eigenvalue weighted by Crippen LogP contribution is 2.33. The lowest BCUT2D eigenvalue weighted by Gasteiger charge is -2.13. The zero-order chi connectivity index (χ0) is 21.2. The molecule has 0 spiro atoms. The van der Waals surface area contributed by atoms with E-state index in [2.05, 4.69) is 15.4 Å². The van der Waals surface area contributed by atoms with Crippen LogP contribution in [-0.4, -0.2) is 27.2 Å². The number of nitrogens with one attached hydrogen (secondary N) is 1.